The lowest BCUT2D eigenvalue weighted by Gasteiger charge is -2.16. The highest BCUT2D eigenvalue weighted by Crippen LogP contribution is 2.31. The molecule has 3 aromatic carbocycles. The average Bonchev–Trinajstić information content (AvgIpc) is 2.78. The maximum absolute atomic E-state index is 12.8. The molecule has 0 bridgehead atoms. The second-order valence-corrected chi connectivity index (χ2v) is 6.98. The van der Waals surface area contributed by atoms with Gasteiger partial charge in [0.05, 0.1) is 22.1 Å². The van der Waals surface area contributed by atoms with E-state index in [0.29, 0.717) is 28.0 Å². The molecule has 1 aromatic heterocycles. The predicted molar refractivity (Wildman–Crippen MR) is 121 cm³/mol. The van der Waals surface area contributed by atoms with Crippen molar-refractivity contribution in [2.75, 3.05) is 10.6 Å². The summed E-state index contributed by atoms with van der Waals surface area (Å²) in [5, 5.41) is 13.5. The number of fused-ring (bicyclic) bond motifs is 1. The van der Waals surface area contributed by atoms with Crippen LogP contribution in [0.4, 0.5) is 27.5 Å². The Morgan fingerprint density at radius 2 is 1.33 bits per heavy atom. The van der Waals surface area contributed by atoms with Crippen molar-refractivity contribution >= 4 is 50.7 Å². The molecule has 0 amide bonds. The highest BCUT2D eigenvalue weighted by molar-refractivity contribution is 8.11. The second-order valence-electron chi connectivity index (χ2n) is 6.39. The fourth-order valence-corrected chi connectivity index (χ4v) is 3.27. The van der Waals surface area contributed by atoms with Crippen LogP contribution < -0.4 is 26.9 Å². The molecule has 0 unspecified atom stereocenters. The largest absolute Gasteiger partial charge is 0.354 e. The van der Waals surface area contributed by atoms with Gasteiger partial charge in [-0.15, -0.1) is 0 Å². The van der Waals surface area contributed by atoms with Gasteiger partial charge in [0.15, 0.2) is 0 Å². The van der Waals surface area contributed by atoms with Crippen LogP contribution in [0.3, 0.4) is 0 Å². The molecule has 0 spiro atoms. The van der Waals surface area contributed by atoms with Crippen molar-refractivity contribution in [3.8, 4) is 0 Å². The van der Waals surface area contributed by atoms with Gasteiger partial charge in [-0.05, 0) is 36.4 Å². The van der Waals surface area contributed by atoms with Crippen LogP contribution in [0, 0.1) is 0 Å². The number of hydrogen-bond donors (Lipinski definition) is 4. The lowest BCUT2D eigenvalue weighted by molar-refractivity contribution is 0.258. The summed E-state index contributed by atoms with van der Waals surface area (Å²) < 4.78 is 0.617. The average molecular weight is 419 g/mol. The molecular weight excluding hydrogens is 402 g/mol. The van der Waals surface area contributed by atoms with Gasteiger partial charge in [0, 0.05) is 23.3 Å². The van der Waals surface area contributed by atoms with Crippen LogP contribution in [0.1, 0.15) is 0 Å². The second kappa shape index (κ2) is 8.27. The number of anilines is 4. The molecule has 0 aliphatic carbocycles. The van der Waals surface area contributed by atoms with Crippen molar-refractivity contribution in [3.63, 3.8) is 0 Å². The van der Waals surface area contributed by atoms with Crippen molar-refractivity contribution in [1.29, 1.82) is 0 Å². The zero-order chi connectivity index (χ0) is 21.1. The SMILES string of the molecule is NSC(=O)n1[nH]c(=O)c2cc(Nc3ccccc3)c(Nc3ccccc3)cc2c1=O. The van der Waals surface area contributed by atoms with E-state index in [0.717, 1.165) is 11.4 Å². The first-order valence-electron chi connectivity index (χ1n) is 8.95. The van der Waals surface area contributed by atoms with Gasteiger partial charge in [0.1, 0.15) is 0 Å². The molecule has 0 radical (unpaired) electrons. The Morgan fingerprint density at radius 1 is 0.833 bits per heavy atom. The van der Waals surface area contributed by atoms with E-state index >= 15 is 0 Å². The molecule has 5 N–H and O–H groups in total. The van der Waals surface area contributed by atoms with Crippen LogP contribution in [-0.2, 0) is 0 Å². The Morgan fingerprint density at radius 3 is 1.83 bits per heavy atom. The molecular formula is C21H17N5O3S. The number of rotatable bonds is 4. The molecule has 0 atom stereocenters. The first-order chi connectivity index (χ1) is 14.6. The zero-order valence-electron chi connectivity index (χ0n) is 15.6. The van der Waals surface area contributed by atoms with Gasteiger partial charge in [0.25, 0.3) is 11.1 Å². The van der Waals surface area contributed by atoms with Crippen molar-refractivity contribution in [2.45, 2.75) is 0 Å². The minimum atomic E-state index is -0.775. The van der Waals surface area contributed by atoms with E-state index in [1.54, 1.807) is 12.1 Å². The quantitative estimate of drug-likeness (QED) is 0.372. The van der Waals surface area contributed by atoms with E-state index in [1.807, 2.05) is 60.7 Å². The first-order valence-corrected chi connectivity index (χ1v) is 9.83. The normalized spacial score (nSPS) is 10.7. The zero-order valence-corrected chi connectivity index (χ0v) is 16.4. The predicted octanol–water partition coefficient (Wildman–Crippen LogP) is 3.75. The van der Waals surface area contributed by atoms with Crippen LogP contribution in [0.15, 0.2) is 82.4 Å². The number of nitrogens with zero attached hydrogens (tertiary/aromatic N) is 1. The van der Waals surface area contributed by atoms with E-state index in [1.165, 1.54) is 0 Å². The number of aromatic nitrogens is 2. The summed E-state index contributed by atoms with van der Waals surface area (Å²) in [4.78, 5) is 37.3. The van der Waals surface area contributed by atoms with Gasteiger partial charge >= 0.3 is 5.24 Å². The van der Waals surface area contributed by atoms with Gasteiger partial charge < -0.3 is 10.6 Å². The van der Waals surface area contributed by atoms with Crippen molar-refractivity contribution in [3.05, 3.63) is 93.5 Å². The Labute approximate surface area is 174 Å². The minimum absolute atomic E-state index is 0.0955. The highest BCUT2D eigenvalue weighted by atomic mass is 32.2. The van der Waals surface area contributed by atoms with E-state index in [-0.39, 0.29) is 10.8 Å². The smallest absolute Gasteiger partial charge is 0.322 e. The third-order valence-electron chi connectivity index (χ3n) is 4.44. The summed E-state index contributed by atoms with van der Waals surface area (Å²) in [5.74, 6) is 0. The van der Waals surface area contributed by atoms with Gasteiger partial charge in [0.2, 0.25) is 0 Å². The molecule has 0 aliphatic heterocycles. The number of para-hydroxylation sites is 2. The van der Waals surface area contributed by atoms with E-state index < -0.39 is 16.4 Å². The number of benzene rings is 3. The summed E-state index contributed by atoms with van der Waals surface area (Å²) in [6.45, 7) is 0. The van der Waals surface area contributed by atoms with Crippen LogP contribution in [-0.4, -0.2) is 15.0 Å². The number of aromatic amines is 1. The molecule has 150 valence electrons. The maximum Gasteiger partial charge on any atom is 0.322 e. The monoisotopic (exact) mass is 419 g/mol. The number of hydrogen-bond acceptors (Lipinski definition) is 7. The topological polar surface area (TPSA) is 122 Å². The van der Waals surface area contributed by atoms with E-state index in [4.69, 9.17) is 5.14 Å². The third-order valence-corrected chi connectivity index (χ3v) is 4.82. The Hall–Kier alpha value is -3.82. The molecule has 8 nitrogen and oxygen atoms in total. The molecule has 1 heterocycles. The van der Waals surface area contributed by atoms with Gasteiger partial charge in [-0.3, -0.25) is 24.6 Å². The summed E-state index contributed by atoms with van der Waals surface area (Å²) in [7, 11) is 0. The molecule has 0 aliphatic rings. The Balaban J connectivity index is 1.92. The number of carbonyl (C=O) groups excluding carboxylic acids is 1. The van der Waals surface area contributed by atoms with Crippen LogP contribution in [0.5, 0.6) is 0 Å². The highest BCUT2D eigenvalue weighted by Gasteiger charge is 2.16. The standard InChI is InChI=1S/C21H17N5O3S/c22-30-21(29)26-20(28)16-12-18(24-14-9-5-2-6-10-14)17(11-15(16)19(27)25-26)23-13-7-3-1-4-8-13/h1-12,23-24H,22H2,(H,25,27). The molecule has 4 aromatic rings. The van der Waals surface area contributed by atoms with E-state index in [2.05, 4.69) is 15.7 Å². The third kappa shape index (κ3) is 3.84. The Kier molecular flexibility index (Phi) is 5.38. The van der Waals surface area contributed by atoms with Gasteiger partial charge in [-0.2, -0.15) is 4.68 Å². The maximum atomic E-state index is 12.8. The lowest BCUT2D eigenvalue weighted by atomic mass is 10.1. The van der Waals surface area contributed by atoms with Crippen LogP contribution in [0.2, 0.25) is 0 Å². The van der Waals surface area contributed by atoms with Crippen molar-refractivity contribution in [1.82, 2.24) is 9.78 Å². The van der Waals surface area contributed by atoms with Crippen LogP contribution >= 0.6 is 11.9 Å². The minimum Gasteiger partial charge on any atom is -0.354 e. The molecule has 4 rings (SSSR count). The number of carbonyl (C=O) groups is 1. The Bertz CT molecular complexity index is 1330. The molecule has 0 fully saturated rings. The first kappa shape index (κ1) is 19.5. The van der Waals surface area contributed by atoms with Gasteiger partial charge in [-0.25, -0.2) is 0 Å². The summed E-state index contributed by atoms with van der Waals surface area (Å²) in [5.41, 5.74) is 1.54. The lowest BCUT2D eigenvalue weighted by Crippen LogP contribution is -2.33. The van der Waals surface area contributed by atoms with Gasteiger partial charge in [-0.1, -0.05) is 36.4 Å². The summed E-state index contributed by atoms with van der Waals surface area (Å²) in [6, 6.07) is 22.0. The molecule has 30 heavy (non-hydrogen) atoms. The molecule has 0 saturated heterocycles. The number of nitrogens with two attached hydrogens (primary N) is 1. The fourth-order valence-electron chi connectivity index (χ4n) is 3.04. The molecule has 9 heteroatoms. The summed E-state index contributed by atoms with van der Waals surface area (Å²) in [6.07, 6.45) is 0. The fraction of sp³-hybridized carbons (Fsp3) is 0. The molecule has 0 saturated carbocycles. The van der Waals surface area contributed by atoms with Crippen molar-refractivity contribution in [2.24, 2.45) is 5.14 Å². The van der Waals surface area contributed by atoms with Crippen molar-refractivity contribution < 1.29 is 4.79 Å². The number of H-pyrrole nitrogens is 1. The van der Waals surface area contributed by atoms with E-state index in [9.17, 15) is 14.4 Å². The van der Waals surface area contributed by atoms with Crippen LogP contribution in [0.25, 0.3) is 10.8 Å². The number of nitrogens with one attached hydrogen (secondary N) is 3. The summed E-state index contributed by atoms with van der Waals surface area (Å²) >= 11 is 0.347.